The second-order valence-corrected chi connectivity index (χ2v) is 10.7. The summed E-state index contributed by atoms with van der Waals surface area (Å²) in [7, 11) is 5.53. The Bertz CT molecular complexity index is 1110. The maximum Gasteiger partial charge on any atom is 0.251 e. The van der Waals surface area contributed by atoms with E-state index in [-0.39, 0.29) is 17.9 Å². The third kappa shape index (κ3) is 5.04. The van der Waals surface area contributed by atoms with E-state index in [0.29, 0.717) is 42.0 Å². The van der Waals surface area contributed by atoms with Crippen LogP contribution in [0.25, 0.3) is 0 Å². The number of nitrogens with one attached hydrogen (secondary N) is 3. The first-order chi connectivity index (χ1) is 17.8. The molecule has 10 nitrogen and oxygen atoms in total. The highest BCUT2D eigenvalue weighted by atomic mass is 16.5. The van der Waals surface area contributed by atoms with Crippen molar-refractivity contribution in [2.75, 3.05) is 46.2 Å². The summed E-state index contributed by atoms with van der Waals surface area (Å²) in [5.74, 6) is 1.14. The van der Waals surface area contributed by atoms with Crippen molar-refractivity contribution in [3.05, 3.63) is 35.7 Å². The van der Waals surface area contributed by atoms with Crippen LogP contribution in [0.3, 0.4) is 0 Å². The van der Waals surface area contributed by atoms with E-state index in [1.807, 2.05) is 19.3 Å². The number of hydrogen-bond donors (Lipinski definition) is 3. The third-order valence-electron chi connectivity index (χ3n) is 8.31. The number of carbonyl (C=O) groups excluding carboxylic acids is 2. The molecule has 1 saturated carbocycles. The van der Waals surface area contributed by atoms with Crippen molar-refractivity contribution in [2.24, 2.45) is 4.99 Å². The van der Waals surface area contributed by atoms with Crippen LogP contribution < -0.4 is 20.7 Å². The predicted molar refractivity (Wildman–Crippen MR) is 143 cm³/mol. The number of likely N-dealkylation sites (tertiary alicyclic amines) is 1. The summed E-state index contributed by atoms with van der Waals surface area (Å²) < 4.78 is 5.64. The molecule has 0 radical (unpaired) electrons. The van der Waals surface area contributed by atoms with Gasteiger partial charge in [-0.3, -0.25) is 14.5 Å². The minimum absolute atomic E-state index is 0.0880. The van der Waals surface area contributed by atoms with Gasteiger partial charge < -0.3 is 30.5 Å². The van der Waals surface area contributed by atoms with Gasteiger partial charge in [0.2, 0.25) is 11.9 Å². The number of nitrogens with zero attached hydrogens (tertiary/aromatic N) is 4. The van der Waals surface area contributed by atoms with Gasteiger partial charge in [0.1, 0.15) is 5.75 Å². The second-order valence-electron chi connectivity index (χ2n) is 10.7. The molecule has 3 N–H and O–H groups in total. The number of likely N-dealkylation sites (N-methyl/N-ethyl adjacent to an activating group) is 1. The Kier molecular flexibility index (Phi) is 7.13. The number of guanidine groups is 1. The van der Waals surface area contributed by atoms with Gasteiger partial charge in [-0.05, 0) is 70.9 Å². The van der Waals surface area contributed by atoms with Gasteiger partial charge in [-0.2, -0.15) is 0 Å². The number of amides is 2. The van der Waals surface area contributed by atoms with Crippen LogP contribution in [0, 0.1) is 0 Å². The maximum absolute atomic E-state index is 12.9. The minimum Gasteiger partial charge on any atom is -0.495 e. The van der Waals surface area contributed by atoms with Crippen molar-refractivity contribution in [1.29, 1.82) is 0 Å². The zero-order chi connectivity index (χ0) is 26.2. The Balaban J connectivity index is 1.34. The van der Waals surface area contributed by atoms with E-state index in [9.17, 15) is 9.59 Å². The molecule has 2 saturated heterocycles. The summed E-state index contributed by atoms with van der Waals surface area (Å²) in [6.07, 6.45) is 7.73. The molecule has 10 heteroatoms. The normalized spacial score (nSPS) is 25.7. The van der Waals surface area contributed by atoms with Crippen LogP contribution in [-0.2, 0) is 4.79 Å². The topological polar surface area (TPSA) is 102 Å². The predicted octanol–water partition coefficient (Wildman–Crippen LogP) is 2.16. The first-order valence-corrected chi connectivity index (χ1v) is 13.3. The Morgan fingerprint density at radius 1 is 1.16 bits per heavy atom. The summed E-state index contributed by atoms with van der Waals surface area (Å²) in [6, 6.07) is 6.03. The number of anilines is 1. The number of carbonyl (C=O) groups is 2. The van der Waals surface area contributed by atoms with E-state index in [4.69, 9.17) is 9.73 Å². The van der Waals surface area contributed by atoms with E-state index >= 15 is 0 Å². The van der Waals surface area contributed by atoms with Crippen LogP contribution in [0.2, 0.25) is 0 Å². The van der Waals surface area contributed by atoms with Crippen molar-refractivity contribution >= 4 is 23.5 Å². The first kappa shape index (κ1) is 25.5. The number of rotatable bonds is 5. The molecule has 37 heavy (non-hydrogen) atoms. The van der Waals surface area contributed by atoms with Crippen molar-refractivity contribution in [3.63, 3.8) is 0 Å². The van der Waals surface area contributed by atoms with Crippen LogP contribution in [0.4, 0.5) is 5.69 Å². The Morgan fingerprint density at radius 3 is 2.59 bits per heavy atom. The van der Waals surface area contributed by atoms with Crippen LogP contribution in [-0.4, -0.2) is 91.1 Å². The highest BCUT2D eigenvalue weighted by Crippen LogP contribution is 2.39. The molecule has 1 atom stereocenters. The lowest BCUT2D eigenvalue weighted by Gasteiger charge is -2.48. The largest absolute Gasteiger partial charge is 0.495 e. The van der Waals surface area contributed by atoms with Gasteiger partial charge in [-0.1, -0.05) is 6.42 Å². The van der Waals surface area contributed by atoms with E-state index in [0.717, 1.165) is 44.5 Å². The lowest BCUT2D eigenvalue weighted by Crippen LogP contribution is -2.58. The van der Waals surface area contributed by atoms with Crippen molar-refractivity contribution in [1.82, 2.24) is 25.3 Å². The molecular formula is C27H39N7O3. The number of methoxy groups -OCH3 is 1. The van der Waals surface area contributed by atoms with Gasteiger partial charge in [0.25, 0.3) is 5.91 Å². The first-order valence-electron chi connectivity index (χ1n) is 13.3. The molecule has 5 rings (SSSR count). The third-order valence-corrected chi connectivity index (χ3v) is 8.31. The summed E-state index contributed by atoms with van der Waals surface area (Å²) in [6.45, 7) is 4.75. The Labute approximate surface area is 219 Å². The lowest BCUT2D eigenvalue weighted by molar-refractivity contribution is -0.127. The molecule has 3 fully saturated rings. The fourth-order valence-electron chi connectivity index (χ4n) is 5.73. The smallest absolute Gasteiger partial charge is 0.251 e. The van der Waals surface area contributed by atoms with Crippen molar-refractivity contribution in [2.45, 2.75) is 63.2 Å². The summed E-state index contributed by atoms with van der Waals surface area (Å²) >= 11 is 0. The Hall–Kier alpha value is -3.11. The number of hydrogen-bond acceptors (Lipinski definition) is 8. The monoisotopic (exact) mass is 509 g/mol. The van der Waals surface area contributed by atoms with E-state index in [2.05, 4.69) is 39.7 Å². The molecule has 1 aromatic carbocycles. The molecule has 1 unspecified atom stereocenters. The van der Waals surface area contributed by atoms with Crippen LogP contribution in [0.5, 0.6) is 5.75 Å². The highest BCUT2D eigenvalue weighted by Gasteiger charge is 2.47. The van der Waals surface area contributed by atoms with Gasteiger partial charge in [0.15, 0.2) is 5.66 Å². The quantitative estimate of drug-likeness (QED) is 0.559. The minimum atomic E-state index is -0.666. The SMILES string of the molecule is COc1cc(C(=O)NC2CCN(C)CC2)ccc1NC1=NC2(C)C(=CN1)N(C)C(=O)CCN2C1CCC1. The lowest BCUT2D eigenvalue weighted by atomic mass is 9.88. The number of piperidine rings is 1. The van der Waals surface area contributed by atoms with E-state index in [1.54, 1.807) is 24.1 Å². The number of benzene rings is 1. The summed E-state index contributed by atoms with van der Waals surface area (Å²) in [4.78, 5) is 37.1. The Morgan fingerprint density at radius 2 is 1.92 bits per heavy atom. The number of fused-ring (bicyclic) bond motifs is 1. The molecule has 1 aromatic rings. The van der Waals surface area contributed by atoms with E-state index < -0.39 is 5.66 Å². The molecule has 3 heterocycles. The standard InChI is InChI=1S/C27H39N7O3/c1-27-23(33(3)24(35)12-15-34(27)20-6-5-7-20)17-28-26(31-27)30-21-9-8-18(16-22(21)37-4)25(36)29-19-10-13-32(2)14-11-19/h8-9,16-17,19-20H,5-7,10-15H2,1-4H3,(H,29,36)(H2,28,30,31). The maximum atomic E-state index is 12.9. The molecule has 3 aliphatic heterocycles. The van der Waals surface area contributed by atoms with Crippen molar-refractivity contribution < 1.29 is 14.3 Å². The van der Waals surface area contributed by atoms with Crippen LogP contribution >= 0.6 is 0 Å². The highest BCUT2D eigenvalue weighted by molar-refractivity contribution is 5.99. The molecular weight excluding hydrogens is 470 g/mol. The van der Waals surface area contributed by atoms with Gasteiger partial charge in [0, 0.05) is 43.9 Å². The fourth-order valence-corrected chi connectivity index (χ4v) is 5.73. The zero-order valence-electron chi connectivity index (χ0n) is 22.3. The van der Waals surface area contributed by atoms with Gasteiger partial charge >= 0.3 is 0 Å². The molecule has 0 bridgehead atoms. The molecule has 0 aromatic heterocycles. The summed E-state index contributed by atoms with van der Waals surface area (Å²) in [5.41, 5.74) is 1.45. The van der Waals surface area contributed by atoms with Crippen LogP contribution in [0.15, 0.2) is 35.1 Å². The van der Waals surface area contributed by atoms with E-state index in [1.165, 1.54) is 6.42 Å². The fraction of sp³-hybridized carbons (Fsp3) is 0.593. The summed E-state index contributed by atoms with van der Waals surface area (Å²) in [5, 5.41) is 9.75. The van der Waals surface area contributed by atoms with Gasteiger partial charge in [-0.25, -0.2) is 4.99 Å². The number of ether oxygens (including phenoxy) is 1. The average molecular weight is 510 g/mol. The average Bonchev–Trinajstić information content (AvgIpc) is 2.94. The van der Waals surface area contributed by atoms with Gasteiger partial charge in [-0.15, -0.1) is 0 Å². The molecule has 0 spiro atoms. The van der Waals surface area contributed by atoms with Crippen LogP contribution in [0.1, 0.15) is 55.8 Å². The molecule has 2 amide bonds. The molecule has 1 aliphatic carbocycles. The second kappa shape index (κ2) is 10.3. The molecule has 4 aliphatic rings. The number of aliphatic imine (C=N–C) groups is 1. The van der Waals surface area contributed by atoms with Gasteiger partial charge in [0.05, 0.1) is 18.5 Å². The zero-order valence-corrected chi connectivity index (χ0v) is 22.3. The molecule has 200 valence electrons. The van der Waals surface area contributed by atoms with Crippen molar-refractivity contribution in [3.8, 4) is 5.75 Å².